The van der Waals surface area contributed by atoms with Crippen LogP contribution in [-0.2, 0) is 14.3 Å². The molecule has 0 radical (unpaired) electrons. The van der Waals surface area contributed by atoms with Crippen molar-refractivity contribution in [2.75, 3.05) is 6.61 Å². The molecule has 22 heavy (non-hydrogen) atoms. The second-order valence-corrected chi connectivity index (χ2v) is 7.55. The number of fused-ring (bicyclic) bond motifs is 1. The van der Waals surface area contributed by atoms with Crippen LogP contribution in [0.5, 0.6) is 0 Å². The van der Waals surface area contributed by atoms with Gasteiger partial charge < -0.3 is 14.9 Å². The minimum atomic E-state index is -0.891. The van der Waals surface area contributed by atoms with Crippen LogP contribution in [0.15, 0.2) is 11.1 Å². The molecular formula is C17H26O5. The summed E-state index contributed by atoms with van der Waals surface area (Å²) < 4.78 is 5.51. The number of aldehydes is 1. The van der Waals surface area contributed by atoms with E-state index in [0.29, 0.717) is 12.0 Å². The van der Waals surface area contributed by atoms with Crippen LogP contribution < -0.4 is 0 Å². The first-order valence-electron chi connectivity index (χ1n) is 7.77. The quantitative estimate of drug-likeness (QED) is 0.609. The molecule has 2 rings (SSSR count). The van der Waals surface area contributed by atoms with Gasteiger partial charge in [0.1, 0.15) is 12.4 Å². The van der Waals surface area contributed by atoms with Crippen molar-refractivity contribution < 1.29 is 24.5 Å². The average Bonchev–Trinajstić information content (AvgIpc) is 2.58. The number of carbonyl (C=O) groups excluding carboxylic acids is 2. The Bertz CT molecular complexity index is 521. The van der Waals surface area contributed by atoms with Gasteiger partial charge in [-0.25, -0.2) is 0 Å². The Hall–Kier alpha value is -1.20. The summed E-state index contributed by atoms with van der Waals surface area (Å²) in [5.74, 6) is -0.700. The van der Waals surface area contributed by atoms with Crippen molar-refractivity contribution in [2.45, 2.75) is 53.2 Å². The normalized spacial score (nSPS) is 40.3. The lowest BCUT2D eigenvalue weighted by Crippen LogP contribution is -2.42. The predicted octanol–water partition coefficient (Wildman–Crippen LogP) is 1.47. The number of hydrogen-bond acceptors (Lipinski definition) is 5. The molecule has 0 aromatic rings. The van der Waals surface area contributed by atoms with Gasteiger partial charge in [-0.05, 0) is 23.5 Å². The van der Waals surface area contributed by atoms with E-state index in [2.05, 4.69) is 0 Å². The van der Waals surface area contributed by atoms with Crippen LogP contribution in [0.25, 0.3) is 0 Å². The largest absolute Gasteiger partial charge is 0.462 e. The highest BCUT2D eigenvalue weighted by Crippen LogP contribution is 2.61. The lowest BCUT2D eigenvalue weighted by atomic mass is 9.68. The topological polar surface area (TPSA) is 83.8 Å². The highest BCUT2D eigenvalue weighted by atomic mass is 16.5. The Balaban J connectivity index is 2.67. The first kappa shape index (κ1) is 17.2. The summed E-state index contributed by atoms with van der Waals surface area (Å²) in [7, 11) is 0. The lowest BCUT2D eigenvalue weighted by molar-refractivity contribution is -0.152. The highest BCUT2D eigenvalue weighted by Gasteiger charge is 2.63. The predicted molar refractivity (Wildman–Crippen MR) is 80.9 cm³/mol. The van der Waals surface area contributed by atoms with Gasteiger partial charge >= 0.3 is 5.97 Å². The van der Waals surface area contributed by atoms with E-state index in [-0.39, 0.29) is 30.5 Å². The Morgan fingerprint density at radius 1 is 1.41 bits per heavy atom. The molecule has 0 saturated heterocycles. The van der Waals surface area contributed by atoms with Gasteiger partial charge in [0, 0.05) is 23.7 Å². The molecule has 124 valence electrons. The smallest absolute Gasteiger partial charge is 0.302 e. The van der Waals surface area contributed by atoms with Gasteiger partial charge in [0.2, 0.25) is 0 Å². The number of rotatable bonds is 3. The van der Waals surface area contributed by atoms with Crippen molar-refractivity contribution in [1.29, 1.82) is 0 Å². The summed E-state index contributed by atoms with van der Waals surface area (Å²) in [4.78, 5) is 23.1. The maximum atomic E-state index is 11.6. The summed E-state index contributed by atoms with van der Waals surface area (Å²) >= 11 is 0. The van der Waals surface area contributed by atoms with Crippen molar-refractivity contribution in [3.05, 3.63) is 11.1 Å². The third-order valence-electron chi connectivity index (χ3n) is 5.61. The molecule has 0 aliphatic heterocycles. The maximum absolute atomic E-state index is 11.6. The second-order valence-electron chi connectivity index (χ2n) is 7.55. The number of hydrogen-bond donors (Lipinski definition) is 2. The Labute approximate surface area is 131 Å². The van der Waals surface area contributed by atoms with Gasteiger partial charge in [-0.15, -0.1) is 0 Å². The van der Waals surface area contributed by atoms with Gasteiger partial charge in [0.15, 0.2) is 0 Å². The van der Waals surface area contributed by atoms with Crippen molar-refractivity contribution in [3.8, 4) is 0 Å². The molecule has 5 heteroatoms. The molecule has 2 N–H and O–H groups in total. The minimum Gasteiger partial charge on any atom is -0.462 e. The van der Waals surface area contributed by atoms with E-state index in [0.717, 1.165) is 11.9 Å². The summed E-state index contributed by atoms with van der Waals surface area (Å²) in [6.45, 7) is 8.61. The molecule has 2 aliphatic rings. The van der Waals surface area contributed by atoms with Gasteiger partial charge in [-0.2, -0.15) is 0 Å². The molecule has 0 bridgehead atoms. The lowest BCUT2D eigenvalue weighted by Gasteiger charge is -2.40. The van der Waals surface area contributed by atoms with Crippen molar-refractivity contribution in [2.24, 2.45) is 22.7 Å². The number of allylic oxidation sites excluding steroid dienone is 1. The molecule has 0 spiro atoms. The zero-order valence-corrected chi connectivity index (χ0v) is 13.9. The van der Waals surface area contributed by atoms with Crippen LogP contribution in [0.3, 0.4) is 0 Å². The third-order valence-corrected chi connectivity index (χ3v) is 5.61. The summed E-state index contributed by atoms with van der Waals surface area (Å²) in [6.07, 6.45) is 0.186. The van der Waals surface area contributed by atoms with Crippen LogP contribution in [0.2, 0.25) is 0 Å². The van der Waals surface area contributed by atoms with E-state index >= 15 is 0 Å². The standard InChI is InChI=1S/C17H26O5/c1-9-6-12(22-10(2)20)14-13(11(9)7-18)17(5,8-19)15(21)16(14,3)4/h7,9,12,14-15,19,21H,6,8H2,1-5H3/t9-,12+,14-,15-,17-/m1/s1. The van der Waals surface area contributed by atoms with E-state index in [9.17, 15) is 19.8 Å². The Kier molecular flexibility index (Phi) is 4.26. The average molecular weight is 310 g/mol. The molecule has 0 amide bonds. The number of carbonyl (C=O) groups is 2. The van der Waals surface area contributed by atoms with Gasteiger partial charge in [0.05, 0.1) is 12.7 Å². The molecule has 0 aromatic carbocycles. The fraction of sp³-hybridized carbons (Fsp3) is 0.765. The Morgan fingerprint density at radius 3 is 2.45 bits per heavy atom. The maximum Gasteiger partial charge on any atom is 0.302 e. The van der Waals surface area contributed by atoms with Crippen LogP contribution in [-0.4, -0.2) is 41.3 Å². The zero-order valence-electron chi connectivity index (χ0n) is 13.9. The minimum absolute atomic E-state index is 0.0694. The first-order valence-corrected chi connectivity index (χ1v) is 7.77. The zero-order chi connectivity index (χ0) is 16.9. The van der Waals surface area contributed by atoms with E-state index in [4.69, 9.17) is 4.74 Å². The number of esters is 1. The second kappa shape index (κ2) is 5.46. The number of aliphatic hydroxyl groups is 2. The number of aliphatic hydroxyl groups excluding tert-OH is 2. The third kappa shape index (κ3) is 2.22. The van der Waals surface area contributed by atoms with Gasteiger partial charge in [0.25, 0.3) is 0 Å². The number of ether oxygens (including phenoxy) is 1. The highest BCUT2D eigenvalue weighted by molar-refractivity contribution is 5.77. The molecule has 0 aromatic heterocycles. The van der Waals surface area contributed by atoms with E-state index in [1.165, 1.54) is 6.92 Å². The van der Waals surface area contributed by atoms with Crippen LogP contribution in [0, 0.1) is 22.7 Å². The molecule has 5 atom stereocenters. The monoisotopic (exact) mass is 310 g/mol. The van der Waals surface area contributed by atoms with E-state index in [1.54, 1.807) is 6.92 Å². The van der Waals surface area contributed by atoms with Crippen molar-refractivity contribution >= 4 is 12.3 Å². The molecular weight excluding hydrogens is 284 g/mol. The first-order chi connectivity index (χ1) is 10.1. The fourth-order valence-electron chi connectivity index (χ4n) is 4.60. The SMILES string of the molecule is CC(=O)O[C@H]1C[C@@H](C)C(C=O)=C2[C@@H]1C(C)(C)[C@@H](O)[C@]2(C)CO. The van der Waals surface area contributed by atoms with E-state index < -0.39 is 16.9 Å². The van der Waals surface area contributed by atoms with Crippen molar-refractivity contribution in [3.63, 3.8) is 0 Å². The summed E-state index contributed by atoms with van der Waals surface area (Å²) in [5, 5.41) is 20.7. The molecule has 1 saturated carbocycles. The van der Waals surface area contributed by atoms with Crippen molar-refractivity contribution in [1.82, 2.24) is 0 Å². The summed E-state index contributed by atoms with van der Waals surface area (Å²) in [5.41, 5.74) is -0.0965. The fourth-order valence-corrected chi connectivity index (χ4v) is 4.60. The molecule has 1 fully saturated rings. The molecule has 0 heterocycles. The molecule has 2 aliphatic carbocycles. The summed E-state index contributed by atoms with van der Waals surface area (Å²) in [6, 6.07) is 0. The van der Waals surface area contributed by atoms with Gasteiger partial charge in [-0.1, -0.05) is 27.7 Å². The molecule has 0 unspecified atom stereocenters. The van der Waals surface area contributed by atoms with Crippen LogP contribution in [0.4, 0.5) is 0 Å². The molecule has 5 nitrogen and oxygen atoms in total. The van der Waals surface area contributed by atoms with Gasteiger partial charge in [-0.3, -0.25) is 9.59 Å². The van der Waals surface area contributed by atoms with Crippen LogP contribution >= 0.6 is 0 Å². The van der Waals surface area contributed by atoms with E-state index in [1.807, 2.05) is 20.8 Å². The van der Waals surface area contributed by atoms with Crippen LogP contribution in [0.1, 0.15) is 41.0 Å². The Morgan fingerprint density at radius 2 is 2.00 bits per heavy atom.